The van der Waals surface area contributed by atoms with Crippen LogP contribution in [0.5, 0.6) is 11.5 Å². The summed E-state index contributed by atoms with van der Waals surface area (Å²) < 4.78 is 5.37. The third-order valence-electron chi connectivity index (χ3n) is 2.97. The molecule has 0 heterocycles. The zero-order chi connectivity index (χ0) is 13.2. The molecule has 0 atom stereocenters. The van der Waals surface area contributed by atoms with Gasteiger partial charge in [-0.15, -0.1) is 0 Å². The Hall–Kier alpha value is -1.71. The van der Waals surface area contributed by atoms with Gasteiger partial charge in [0.05, 0.1) is 6.61 Å². The SMILES string of the molecule is CCOc1c(O)c(C(=O)O)c(C)c(C)c1CC. The molecule has 0 aliphatic rings. The molecule has 0 unspecified atom stereocenters. The number of benzene rings is 1. The smallest absolute Gasteiger partial charge is 0.339 e. The van der Waals surface area contributed by atoms with Crippen LogP contribution in [-0.4, -0.2) is 22.8 Å². The Bertz CT molecular complexity index is 449. The summed E-state index contributed by atoms with van der Waals surface area (Å²) in [6.45, 7) is 7.69. The molecule has 94 valence electrons. The predicted octanol–water partition coefficient (Wildman–Crippen LogP) is 2.67. The number of carboxylic acids is 1. The molecule has 1 aromatic rings. The summed E-state index contributed by atoms with van der Waals surface area (Å²) in [6.07, 6.45) is 0.690. The molecule has 4 nitrogen and oxygen atoms in total. The van der Waals surface area contributed by atoms with Gasteiger partial charge >= 0.3 is 5.97 Å². The van der Waals surface area contributed by atoms with Crippen molar-refractivity contribution < 1.29 is 19.7 Å². The quantitative estimate of drug-likeness (QED) is 0.846. The van der Waals surface area contributed by atoms with Gasteiger partial charge in [0, 0.05) is 5.56 Å². The molecule has 0 fully saturated rings. The predicted molar refractivity (Wildman–Crippen MR) is 65.1 cm³/mol. The molecule has 17 heavy (non-hydrogen) atoms. The minimum absolute atomic E-state index is 0.0665. The number of carboxylic acid groups (broad SMARTS) is 1. The van der Waals surface area contributed by atoms with Crippen molar-refractivity contribution >= 4 is 5.97 Å². The first kappa shape index (κ1) is 13.4. The number of rotatable bonds is 4. The second-order valence-electron chi connectivity index (χ2n) is 3.87. The number of aromatic hydroxyl groups is 1. The molecule has 2 N–H and O–H groups in total. The molecule has 1 aromatic carbocycles. The fourth-order valence-corrected chi connectivity index (χ4v) is 2.01. The lowest BCUT2D eigenvalue weighted by Gasteiger charge is -2.18. The van der Waals surface area contributed by atoms with Gasteiger partial charge in [-0.3, -0.25) is 0 Å². The number of ether oxygens (including phenoxy) is 1. The van der Waals surface area contributed by atoms with Gasteiger partial charge in [-0.25, -0.2) is 4.79 Å². The van der Waals surface area contributed by atoms with Crippen LogP contribution in [0.3, 0.4) is 0 Å². The van der Waals surface area contributed by atoms with Gasteiger partial charge in [0.15, 0.2) is 11.5 Å². The highest BCUT2D eigenvalue weighted by molar-refractivity contribution is 5.94. The first-order valence-corrected chi connectivity index (χ1v) is 5.66. The Labute approximate surface area is 101 Å². The van der Waals surface area contributed by atoms with Crippen molar-refractivity contribution in [3.05, 3.63) is 22.3 Å². The summed E-state index contributed by atoms with van der Waals surface area (Å²) in [5.41, 5.74) is 2.26. The Balaban J connectivity index is 3.63. The van der Waals surface area contributed by atoms with E-state index in [1.165, 1.54) is 0 Å². The van der Waals surface area contributed by atoms with E-state index in [4.69, 9.17) is 9.84 Å². The Morgan fingerprint density at radius 3 is 2.24 bits per heavy atom. The van der Waals surface area contributed by atoms with Crippen molar-refractivity contribution in [2.45, 2.75) is 34.1 Å². The normalized spacial score (nSPS) is 10.4. The molecule has 0 aromatic heterocycles. The van der Waals surface area contributed by atoms with E-state index in [0.717, 1.165) is 11.1 Å². The molecular weight excluding hydrogens is 220 g/mol. The van der Waals surface area contributed by atoms with E-state index in [-0.39, 0.29) is 11.3 Å². The first-order chi connectivity index (χ1) is 7.95. The zero-order valence-electron chi connectivity index (χ0n) is 10.6. The highest BCUT2D eigenvalue weighted by atomic mass is 16.5. The maximum absolute atomic E-state index is 11.1. The highest BCUT2D eigenvalue weighted by Crippen LogP contribution is 2.39. The number of hydrogen-bond donors (Lipinski definition) is 2. The average molecular weight is 238 g/mol. The maximum Gasteiger partial charge on any atom is 0.339 e. The van der Waals surface area contributed by atoms with Gasteiger partial charge in [-0.2, -0.15) is 0 Å². The lowest BCUT2D eigenvalue weighted by Crippen LogP contribution is -2.08. The van der Waals surface area contributed by atoms with Crippen molar-refractivity contribution in [1.82, 2.24) is 0 Å². The van der Waals surface area contributed by atoms with E-state index in [9.17, 15) is 9.90 Å². The van der Waals surface area contributed by atoms with E-state index in [1.54, 1.807) is 13.8 Å². The summed E-state index contributed by atoms with van der Waals surface area (Å²) in [5, 5.41) is 19.1. The fourth-order valence-electron chi connectivity index (χ4n) is 2.01. The third kappa shape index (κ3) is 2.20. The van der Waals surface area contributed by atoms with Crippen LogP contribution in [0.4, 0.5) is 0 Å². The summed E-state index contributed by atoms with van der Waals surface area (Å²) in [5.74, 6) is -1.10. The lowest BCUT2D eigenvalue weighted by atomic mass is 9.94. The van der Waals surface area contributed by atoms with E-state index < -0.39 is 5.97 Å². The molecule has 4 heteroatoms. The van der Waals surface area contributed by atoms with Crippen LogP contribution in [0.25, 0.3) is 0 Å². The maximum atomic E-state index is 11.1. The van der Waals surface area contributed by atoms with Gasteiger partial charge in [0.2, 0.25) is 0 Å². The van der Waals surface area contributed by atoms with Crippen molar-refractivity contribution in [1.29, 1.82) is 0 Å². The fraction of sp³-hybridized carbons (Fsp3) is 0.462. The van der Waals surface area contributed by atoms with Gasteiger partial charge in [-0.05, 0) is 38.3 Å². The number of aromatic carboxylic acids is 1. The zero-order valence-corrected chi connectivity index (χ0v) is 10.6. The van der Waals surface area contributed by atoms with Crippen molar-refractivity contribution in [2.24, 2.45) is 0 Å². The molecule has 0 amide bonds. The van der Waals surface area contributed by atoms with Crippen LogP contribution < -0.4 is 4.74 Å². The second kappa shape index (κ2) is 5.08. The van der Waals surface area contributed by atoms with Crippen LogP contribution in [-0.2, 0) is 6.42 Å². The number of phenols is 1. The molecule has 0 aliphatic heterocycles. The van der Waals surface area contributed by atoms with Crippen molar-refractivity contribution in [3.8, 4) is 11.5 Å². The summed E-state index contributed by atoms with van der Waals surface area (Å²) >= 11 is 0. The topological polar surface area (TPSA) is 66.8 Å². The Morgan fingerprint density at radius 1 is 1.24 bits per heavy atom. The number of carbonyl (C=O) groups is 1. The van der Waals surface area contributed by atoms with E-state index in [0.29, 0.717) is 24.3 Å². The molecule has 0 aliphatic carbocycles. The molecule has 0 saturated heterocycles. The third-order valence-corrected chi connectivity index (χ3v) is 2.97. The van der Waals surface area contributed by atoms with Gasteiger partial charge in [0.1, 0.15) is 5.56 Å². The largest absolute Gasteiger partial charge is 0.504 e. The summed E-state index contributed by atoms with van der Waals surface area (Å²) in [4.78, 5) is 11.1. The van der Waals surface area contributed by atoms with E-state index >= 15 is 0 Å². The summed E-state index contributed by atoms with van der Waals surface area (Å²) in [6, 6.07) is 0. The van der Waals surface area contributed by atoms with Crippen LogP contribution in [0.2, 0.25) is 0 Å². The van der Waals surface area contributed by atoms with E-state index in [2.05, 4.69) is 0 Å². The minimum Gasteiger partial charge on any atom is -0.504 e. The standard InChI is InChI=1S/C13H18O4/c1-5-9-7(3)8(4)10(13(15)16)11(14)12(9)17-6-2/h14H,5-6H2,1-4H3,(H,15,16). The average Bonchev–Trinajstić information content (AvgIpc) is 2.26. The summed E-state index contributed by atoms with van der Waals surface area (Å²) in [7, 11) is 0. The van der Waals surface area contributed by atoms with Gasteiger partial charge < -0.3 is 14.9 Å². The first-order valence-electron chi connectivity index (χ1n) is 5.66. The Morgan fingerprint density at radius 2 is 1.82 bits per heavy atom. The highest BCUT2D eigenvalue weighted by Gasteiger charge is 2.23. The van der Waals surface area contributed by atoms with Crippen LogP contribution >= 0.6 is 0 Å². The molecule has 0 bridgehead atoms. The molecule has 1 rings (SSSR count). The van der Waals surface area contributed by atoms with Gasteiger partial charge in [-0.1, -0.05) is 6.92 Å². The molecule has 0 spiro atoms. The van der Waals surface area contributed by atoms with Crippen molar-refractivity contribution in [3.63, 3.8) is 0 Å². The molecule has 0 saturated carbocycles. The van der Waals surface area contributed by atoms with Crippen molar-refractivity contribution in [2.75, 3.05) is 6.61 Å². The second-order valence-corrected chi connectivity index (χ2v) is 3.87. The number of hydrogen-bond acceptors (Lipinski definition) is 3. The lowest BCUT2D eigenvalue weighted by molar-refractivity contribution is 0.0692. The van der Waals surface area contributed by atoms with Crippen LogP contribution in [0.15, 0.2) is 0 Å². The van der Waals surface area contributed by atoms with E-state index in [1.807, 2.05) is 13.8 Å². The van der Waals surface area contributed by atoms with Crippen LogP contribution in [0.1, 0.15) is 40.9 Å². The monoisotopic (exact) mass is 238 g/mol. The molecule has 0 radical (unpaired) electrons. The minimum atomic E-state index is -1.13. The molecular formula is C13H18O4. The van der Waals surface area contributed by atoms with Crippen LogP contribution in [0, 0.1) is 13.8 Å². The Kier molecular flexibility index (Phi) is 3.99. The van der Waals surface area contributed by atoms with Gasteiger partial charge in [0.25, 0.3) is 0 Å².